The lowest BCUT2D eigenvalue weighted by atomic mass is 10.1. The molecule has 1 aliphatic heterocycles. The van der Waals surface area contributed by atoms with Crippen molar-refractivity contribution in [3.8, 4) is 5.75 Å². The molecule has 2 rings (SSSR count). The minimum Gasteiger partial charge on any atom is -0.491 e. The highest BCUT2D eigenvalue weighted by Crippen LogP contribution is 2.35. The molecule has 2 N–H and O–H groups in total. The van der Waals surface area contributed by atoms with Crippen LogP contribution in [0.4, 0.5) is 5.69 Å². The Kier molecular flexibility index (Phi) is 1.89. The molecule has 5 nitrogen and oxygen atoms in total. The molecule has 0 aliphatic carbocycles. The molecule has 0 aromatic heterocycles. The number of nitrogens with two attached hydrogens (primary N) is 1. The SMILES string of the molecule is Cc1cc2c(cc1[N+](=O)[O-])[C@@H](N)CO2. The molecule has 0 saturated heterocycles. The summed E-state index contributed by atoms with van der Waals surface area (Å²) in [5, 5.41) is 10.7. The molecule has 1 aliphatic rings. The number of fused-ring (bicyclic) bond motifs is 1. The number of nitro groups is 1. The Bertz CT molecular complexity index is 403. The Hall–Kier alpha value is -1.62. The molecule has 1 aromatic carbocycles. The van der Waals surface area contributed by atoms with Crippen LogP contribution >= 0.6 is 0 Å². The molecular formula is C9H10N2O3. The van der Waals surface area contributed by atoms with E-state index in [0.29, 0.717) is 17.9 Å². The predicted octanol–water partition coefficient (Wildman–Crippen LogP) is 1.30. The van der Waals surface area contributed by atoms with E-state index in [9.17, 15) is 10.1 Å². The van der Waals surface area contributed by atoms with E-state index in [-0.39, 0.29) is 11.7 Å². The number of ether oxygens (including phenoxy) is 1. The molecule has 0 amide bonds. The summed E-state index contributed by atoms with van der Waals surface area (Å²) in [5.41, 5.74) is 7.14. The Morgan fingerprint density at radius 1 is 1.64 bits per heavy atom. The van der Waals surface area contributed by atoms with Crippen LogP contribution in [0.2, 0.25) is 0 Å². The summed E-state index contributed by atoms with van der Waals surface area (Å²) in [5.74, 6) is 0.667. The van der Waals surface area contributed by atoms with E-state index < -0.39 is 4.92 Å². The van der Waals surface area contributed by atoms with Crippen molar-refractivity contribution in [1.82, 2.24) is 0 Å². The number of hydrogen-bond donors (Lipinski definition) is 1. The maximum absolute atomic E-state index is 10.7. The van der Waals surface area contributed by atoms with E-state index in [1.54, 1.807) is 13.0 Å². The van der Waals surface area contributed by atoms with Crippen LogP contribution in [0.5, 0.6) is 5.75 Å². The Labute approximate surface area is 80.6 Å². The lowest BCUT2D eigenvalue weighted by Crippen LogP contribution is -2.10. The van der Waals surface area contributed by atoms with Crippen LogP contribution in [0.3, 0.4) is 0 Å². The number of benzene rings is 1. The third kappa shape index (κ3) is 1.22. The molecule has 0 saturated carbocycles. The van der Waals surface area contributed by atoms with Gasteiger partial charge in [-0.2, -0.15) is 0 Å². The second kappa shape index (κ2) is 2.95. The predicted molar refractivity (Wildman–Crippen MR) is 50.3 cm³/mol. The average molecular weight is 194 g/mol. The molecule has 1 atom stereocenters. The van der Waals surface area contributed by atoms with E-state index in [2.05, 4.69) is 0 Å². The highest BCUT2D eigenvalue weighted by atomic mass is 16.6. The minimum atomic E-state index is -0.402. The highest BCUT2D eigenvalue weighted by Gasteiger charge is 2.25. The van der Waals surface area contributed by atoms with Gasteiger partial charge >= 0.3 is 0 Å². The van der Waals surface area contributed by atoms with E-state index in [0.717, 1.165) is 5.56 Å². The fraction of sp³-hybridized carbons (Fsp3) is 0.333. The molecule has 0 spiro atoms. The van der Waals surface area contributed by atoms with Crippen LogP contribution in [-0.2, 0) is 0 Å². The van der Waals surface area contributed by atoms with Gasteiger partial charge in [-0.25, -0.2) is 0 Å². The van der Waals surface area contributed by atoms with Gasteiger partial charge in [0.1, 0.15) is 12.4 Å². The number of nitro benzene ring substituents is 1. The fourth-order valence-corrected chi connectivity index (χ4v) is 1.57. The molecule has 1 aromatic rings. The second-order valence-electron chi connectivity index (χ2n) is 3.35. The molecule has 0 unspecified atom stereocenters. The van der Waals surface area contributed by atoms with Crippen LogP contribution < -0.4 is 10.5 Å². The first-order valence-corrected chi connectivity index (χ1v) is 4.27. The number of rotatable bonds is 1. The summed E-state index contributed by atoms with van der Waals surface area (Å²) in [6, 6.07) is 2.92. The van der Waals surface area contributed by atoms with Crippen molar-refractivity contribution in [2.75, 3.05) is 6.61 Å². The molecule has 1 heterocycles. The van der Waals surface area contributed by atoms with E-state index in [4.69, 9.17) is 10.5 Å². The summed E-state index contributed by atoms with van der Waals surface area (Å²) < 4.78 is 5.28. The van der Waals surface area contributed by atoms with Crippen molar-refractivity contribution < 1.29 is 9.66 Å². The lowest BCUT2D eigenvalue weighted by molar-refractivity contribution is -0.385. The van der Waals surface area contributed by atoms with Gasteiger partial charge in [0.15, 0.2) is 0 Å². The van der Waals surface area contributed by atoms with Gasteiger partial charge < -0.3 is 10.5 Å². The van der Waals surface area contributed by atoms with Crippen molar-refractivity contribution >= 4 is 5.69 Å². The molecule has 0 bridgehead atoms. The number of aryl methyl sites for hydroxylation is 1. The summed E-state index contributed by atoms with van der Waals surface area (Å²) in [7, 11) is 0. The van der Waals surface area contributed by atoms with Crippen LogP contribution in [0, 0.1) is 17.0 Å². The van der Waals surface area contributed by atoms with Gasteiger partial charge in [0.2, 0.25) is 0 Å². The van der Waals surface area contributed by atoms with Gasteiger partial charge in [0.25, 0.3) is 5.69 Å². The van der Waals surface area contributed by atoms with Crippen molar-refractivity contribution in [3.63, 3.8) is 0 Å². The normalized spacial score (nSPS) is 18.9. The Balaban J connectivity index is 2.57. The van der Waals surface area contributed by atoms with Gasteiger partial charge in [-0.15, -0.1) is 0 Å². The van der Waals surface area contributed by atoms with Gasteiger partial charge in [-0.3, -0.25) is 10.1 Å². The van der Waals surface area contributed by atoms with Crippen LogP contribution in [0.15, 0.2) is 12.1 Å². The second-order valence-corrected chi connectivity index (χ2v) is 3.35. The van der Waals surface area contributed by atoms with Gasteiger partial charge in [0.05, 0.1) is 11.0 Å². The quantitative estimate of drug-likeness (QED) is 0.539. The minimum absolute atomic E-state index is 0.102. The van der Waals surface area contributed by atoms with Crippen molar-refractivity contribution in [2.24, 2.45) is 5.73 Å². The van der Waals surface area contributed by atoms with Crippen molar-refractivity contribution in [2.45, 2.75) is 13.0 Å². The van der Waals surface area contributed by atoms with Crippen LogP contribution in [-0.4, -0.2) is 11.5 Å². The van der Waals surface area contributed by atoms with Crippen molar-refractivity contribution in [1.29, 1.82) is 0 Å². The first-order valence-electron chi connectivity index (χ1n) is 4.27. The average Bonchev–Trinajstić information content (AvgIpc) is 2.46. The smallest absolute Gasteiger partial charge is 0.272 e. The third-order valence-corrected chi connectivity index (χ3v) is 2.34. The van der Waals surface area contributed by atoms with E-state index in [1.807, 2.05) is 0 Å². The first-order chi connectivity index (χ1) is 6.59. The molecule has 0 radical (unpaired) electrons. The summed E-state index contributed by atoms with van der Waals surface area (Å²) in [6.07, 6.45) is 0. The Morgan fingerprint density at radius 3 is 3.00 bits per heavy atom. The Morgan fingerprint density at radius 2 is 2.36 bits per heavy atom. The first kappa shape index (κ1) is 8.96. The fourth-order valence-electron chi connectivity index (χ4n) is 1.57. The maximum atomic E-state index is 10.7. The zero-order chi connectivity index (χ0) is 10.3. The van der Waals surface area contributed by atoms with Crippen LogP contribution in [0.1, 0.15) is 17.2 Å². The molecule has 14 heavy (non-hydrogen) atoms. The number of hydrogen-bond acceptors (Lipinski definition) is 4. The zero-order valence-electron chi connectivity index (χ0n) is 7.69. The third-order valence-electron chi connectivity index (χ3n) is 2.34. The van der Waals surface area contributed by atoms with Gasteiger partial charge in [0, 0.05) is 17.2 Å². The molecule has 74 valence electrons. The summed E-state index contributed by atoms with van der Waals surface area (Å²) in [6.45, 7) is 2.08. The van der Waals surface area contributed by atoms with E-state index in [1.165, 1.54) is 6.07 Å². The molecule has 5 heteroatoms. The highest BCUT2D eigenvalue weighted by molar-refractivity contribution is 5.52. The maximum Gasteiger partial charge on any atom is 0.272 e. The van der Waals surface area contributed by atoms with Gasteiger partial charge in [-0.1, -0.05) is 0 Å². The largest absolute Gasteiger partial charge is 0.491 e. The standard InChI is InChI=1S/C9H10N2O3/c1-5-2-9-6(7(10)4-14-9)3-8(5)11(12)13/h2-3,7H,4,10H2,1H3/t7-/m0/s1. The number of nitrogens with zero attached hydrogens (tertiary/aromatic N) is 1. The lowest BCUT2D eigenvalue weighted by Gasteiger charge is -2.02. The molecular weight excluding hydrogens is 184 g/mol. The molecule has 0 fully saturated rings. The topological polar surface area (TPSA) is 78.4 Å². The van der Waals surface area contributed by atoms with Crippen molar-refractivity contribution in [3.05, 3.63) is 33.4 Å². The summed E-state index contributed by atoms with van der Waals surface area (Å²) >= 11 is 0. The summed E-state index contributed by atoms with van der Waals surface area (Å²) in [4.78, 5) is 10.3. The van der Waals surface area contributed by atoms with E-state index >= 15 is 0 Å². The zero-order valence-corrected chi connectivity index (χ0v) is 7.69. The van der Waals surface area contributed by atoms with Gasteiger partial charge in [-0.05, 0) is 13.0 Å². The monoisotopic (exact) mass is 194 g/mol. The van der Waals surface area contributed by atoms with Crippen LogP contribution in [0.25, 0.3) is 0 Å².